The predicted molar refractivity (Wildman–Crippen MR) is 78.7 cm³/mol. The van der Waals surface area contributed by atoms with E-state index in [1.807, 2.05) is 6.07 Å². The Balaban J connectivity index is 1.89. The molecule has 1 aromatic rings. The van der Waals surface area contributed by atoms with Crippen LogP contribution in [0.3, 0.4) is 0 Å². The van der Waals surface area contributed by atoms with Crippen LogP contribution in [0, 0.1) is 5.92 Å². The van der Waals surface area contributed by atoms with Gasteiger partial charge in [-0.15, -0.1) is 0 Å². The number of rotatable bonds is 2. The standard InChI is InChI=1S/C15H22ClN3/c1-2-14-17-13(16)10-15(18-14)19-9-5-7-11-6-3-4-8-12(11)19/h10-12H,2-9H2,1H3. The van der Waals surface area contributed by atoms with Gasteiger partial charge < -0.3 is 4.90 Å². The molecule has 1 aliphatic carbocycles. The molecule has 4 heteroatoms. The molecule has 1 aliphatic heterocycles. The molecule has 3 rings (SSSR count). The van der Waals surface area contributed by atoms with Gasteiger partial charge in [-0.2, -0.15) is 0 Å². The molecule has 0 bridgehead atoms. The number of hydrogen-bond donors (Lipinski definition) is 0. The first-order chi connectivity index (χ1) is 9.28. The summed E-state index contributed by atoms with van der Waals surface area (Å²) in [5.74, 6) is 2.77. The number of aryl methyl sites for hydroxylation is 1. The highest BCUT2D eigenvalue weighted by Crippen LogP contribution is 2.37. The zero-order chi connectivity index (χ0) is 13.2. The van der Waals surface area contributed by atoms with E-state index in [1.165, 1.54) is 38.5 Å². The Labute approximate surface area is 120 Å². The van der Waals surface area contributed by atoms with Crippen molar-refractivity contribution in [2.75, 3.05) is 11.4 Å². The average Bonchev–Trinajstić information content (AvgIpc) is 2.46. The number of piperidine rings is 1. The first kappa shape index (κ1) is 13.2. The fourth-order valence-electron chi connectivity index (χ4n) is 3.67. The van der Waals surface area contributed by atoms with Crippen LogP contribution in [0.25, 0.3) is 0 Å². The van der Waals surface area contributed by atoms with Gasteiger partial charge in [0.1, 0.15) is 16.8 Å². The van der Waals surface area contributed by atoms with Gasteiger partial charge in [-0.25, -0.2) is 9.97 Å². The topological polar surface area (TPSA) is 29.0 Å². The van der Waals surface area contributed by atoms with Crippen molar-refractivity contribution in [2.45, 2.75) is 57.9 Å². The van der Waals surface area contributed by atoms with Crippen molar-refractivity contribution in [3.63, 3.8) is 0 Å². The van der Waals surface area contributed by atoms with Crippen LogP contribution < -0.4 is 4.90 Å². The van der Waals surface area contributed by atoms with E-state index >= 15 is 0 Å². The lowest BCUT2D eigenvalue weighted by molar-refractivity contribution is 0.242. The second kappa shape index (κ2) is 5.66. The monoisotopic (exact) mass is 279 g/mol. The summed E-state index contributed by atoms with van der Waals surface area (Å²) in [6, 6.07) is 2.62. The number of aromatic nitrogens is 2. The van der Waals surface area contributed by atoms with E-state index in [2.05, 4.69) is 16.8 Å². The molecule has 3 nitrogen and oxygen atoms in total. The second-order valence-corrected chi connectivity index (χ2v) is 6.15. The first-order valence-electron chi connectivity index (χ1n) is 7.58. The fourth-order valence-corrected chi connectivity index (χ4v) is 3.86. The van der Waals surface area contributed by atoms with Crippen molar-refractivity contribution >= 4 is 17.4 Å². The van der Waals surface area contributed by atoms with Crippen LogP contribution in [0.4, 0.5) is 5.82 Å². The van der Waals surface area contributed by atoms with Gasteiger partial charge >= 0.3 is 0 Å². The van der Waals surface area contributed by atoms with Crippen LogP contribution in [-0.2, 0) is 6.42 Å². The summed E-state index contributed by atoms with van der Waals surface area (Å²) in [5, 5.41) is 0.583. The largest absolute Gasteiger partial charge is 0.353 e. The van der Waals surface area contributed by atoms with Crippen LogP contribution in [0.2, 0.25) is 5.15 Å². The molecule has 2 unspecified atom stereocenters. The molecular weight excluding hydrogens is 258 g/mol. The summed E-state index contributed by atoms with van der Waals surface area (Å²) in [4.78, 5) is 11.5. The van der Waals surface area contributed by atoms with Crippen molar-refractivity contribution in [2.24, 2.45) is 5.92 Å². The molecule has 0 radical (unpaired) electrons. The van der Waals surface area contributed by atoms with Crippen molar-refractivity contribution in [3.05, 3.63) is 17.0 Å². The molecule has 19 heavy (non-hydrogen) atoms. The highest BCUT2D eigenvalue weighted by Gasteiger charge is 2.34. The van der Waals surface area contributed by atoms with Crippen molar-refractivity contribution < 1.29 is 0 Å². The van der Waals surface area contributed by atoms with E-state index in [-0.39, 0.29) is 0 Å². The van der Waals surface area contributed by atoms with E-state index in [0.29, 0.717) is 11.2 Å². The third-order valence-electron chi connectivity index (χ3n) is 4.58. The maximum Gasteiger partial charge on any atom is 0.134 e. The summed E-state index contributed by atoms with van der Waals surface area (Å²) in [6.07, 6.45) is 8.98. The smallest absolute Gasteiger partial charge is 0.134 e. The molecule has 1 aromatic heterocycles. The number of hydrogen-bond acceptors (Lipinski definition) is 3. The highest BCUT2D eigenvalue weighted by atomic mass is 35.5. The van der Waals surface area contributed by atoms with Crippen molar-refractivity contribution in [1.82, 2.24) is 9.97 Å². The van der Waals surface area contributed by atoms with Gasteiger partial charge in [0, 0.05) is 25.1 Å². The van der Waals surface area contributed by atoms with Gasteiger partial charge in [0.2, 0.25) is 0 Å². The summed E-state index contributed by atoms with van der Waals surface area (Å²) in [5.41, 5.74) is 0. The lowest BCUT2D eigenvalue weighted by Crippen LogP contribution is -2.47. The lowest BCUT2D eigenvalue weighted by atomic mass is 9.78. The van der Waals surface area contributed by atoms with Crippen LogP contribution in [0.15, 0.2) is 6.07 Å². The fraction of sp³-hybridized carbons (Fsp3) is 0.733. The third-order valence-corrected chi connectivity index (χ3v) is 4.78. The molecule has 2 atom stereocenters. The van der Waals surface area contributed by atoms with Crippen LogP contribution in [0.1, 0.15) is 51.3 Å². The number of fused-ring (bicyclic) bond motifs is 1. The van der Waals surface area contributed by atoms with Crippen LogP contribution >= 0.6 is 11.6 Å². The molecule has 0 amide bonds. The SMILES string of the molecule is CCc1nc(Cl)cc(N2CCCC3CCCCC32)n1. The van der Waals surface area contributed by atoms with Crippen molar-refractivity contribution in [3.8, 4) is 0 Å². The normalized spacial score (nSPS) is 27.2. The third kappa shape index (κ3) is 2.71. The summed E-state index contributed by atoms with van der Waals surface area (Å²) < 4.78 is 0. The van der Waals surface area contributed by atoms with E-state index in [1.54, 1.807) is 0 Å². The maximum absolute atomic E-state index is 6.15. The van der Waals surface area contributed by atoms with E-state index < -0.39 is 0 Å². The molecule has 104 valence electrons. The van der Waals surface area contributed by atoms with E-state index in [9.17, 15) is 0 Å². The van der Waals surface area contributed by atoms with Gasteiger partial charge in [0.25, 0.3) is 0 Å². The minimum Gasteiger partial charge on any atom is -0.353 e. The molecule has 0 N–H and O–H groups in total. The average molecular weight is 280 g/mol. The molecular formula is C15H22ClN3. The van der Waals surface area contributed by atoms with Gasteiger partial charge in [-0.05, 0) is 31.6 Å². The molecule has 0 spiro atoms. The maximum atomic E-state index is 6.15. The minimum atomic E-state index is 0.583. The molecule has 2 aliphatic rings. The second-order valence-electron chi connectivity index (χ2n) is 5.77. The van der Waals surface area contributed by atoms with Gasteiger partial charge in [-0.3, -0.25) is 0 Å². The Morgan fingerprint density at radius 1 is 1.21 bits per heavy atom. The molecule has 2 heterocycles. The molecule has 1 saturated heterocycles. The van der Waals surface area contributed by atoms with Crippen LogP contribution in [0.5, 0.6) is 0 Å². The number of halogens is 1. The summed E-state index contributed by atoms with van der Waals surface area (Å²) >= 11 is 6.15. The van der Waals surface area contributed by atoms with Gasteiger partial charge in [-0.1, -0.05) is 31.4 Å². The highest BCUT2D eigenvalue weighted by molar-refractivity contribution is 6.29. The molecule has 2 fully saturated rings. The Kier molecular flexibility index (Phi) is 3.92. The Bertz CT molecular complexity index is 447. The van der Waals surface area contributed by atoms with Crippen LogP contribution in [-0.4, -0.2) is 22.6 Å². The zero-order valence-corrected chi connectivity index (χ0v) is 12.4. The molecule has 0 aromatic carbocycles. The quantitative estimate of drug-likeness (QED) is 0.770. The Morgan fingerprint density at radius 3 is 2.84 bits per heavy atom. The Hall–Kier alpha value is -0.830. The summed E-state index contributed by atoms with van der Waals surface area (Å²) in [7, 11) is 0. The lowest BCUT2D eigenvalue weighted by Gasteiger charge is -2.44. The van der Waals surface area contributed by atoms with E-state index in [4.69, 9.17) is 16.6 Å². The number of anilines is 1. The predicted octanol–water partition coefficient (Wildman–Crippen LogP) is 3.85. The molecule has 1 saturated carbocycles. The first-order valence-corrected chi connectivity index (χ1v) is 7.96. The number of nitrogens with zero attached hydrogens (tertiary/aromatic N) is 3. The van der Waals surface area contributed by atoms with Gasteiger partial charge in [0.05, 0.1) is 0 Å². The van der Waals surface area contributed by atoms with Gasteiger partial charge in [0.15, 0.2) is 0 Å². The minimum absolute atomic E-state index is 0.583. The summed E-state index contributed by atoms with van der Waals surface area (Å²) in [6.45, 7) is 3.20. The van der Waals surface area contributed by atoms with E-state index in [0.717, 1.165) is 30.5 Å². The zero-order valence-electron chi connectivity index (χ0n) is 11.6. The van der Waals surface area contributed by atoms with Crippen molar-refractivity contribution in [1.29, 1.82) is 0 Å². The Morgan fingerprint density at radius 2 is 2.00 bits per heavy atom.